The van der Waals surface area contributed by atoms with Crippen LogP contribution in [0, 0.1) is 0 Å². The summed E-state index contributed by atoms with van der Waals surface area (Å²) in [7, 11) is 0. The smallest absolute Gasteiger partial charge is 0.155 e. The van der Waals surface area contributed by atoms with Crippen LogP contribution in [0.4, 0.5) is 0 Å². The van der Waals surface area contributed by atoms with E-state index in [1.165, 1.54) is 0 Å². The molecule has 92 valence electrons. The monoisotopic (exact) mass is 330 g/mol. The zero-order chi connectivity index (χ0) is 13.0. The number of benzene rings is 3. The first kappa shape index (κ1) is 11.3. The molecule has 1 aromatic heterocycles. The molecule has 0 saturated carbocycles. The van der Waals surface area contributed by atoms with Crippen molar-refractivity contribution in [2.45, 2.75) is 0 Å². The van der Waals surface area contributed by atoms with E-state index in [-0.39, 0.29) is 0 Å². The van der Waals surface area contributed by atoms with Crippen LogP contribution in [0.2, 0.25) is 5.02 Å². The summed E-state index contributed by atoms with van der Waals surface area (Å²) in [5, 5.41) is 5.07. The highest BCUT2D eigenvalue weighted by atomic mass is 79.9. The predicted molar refractivity (Wildman–Crippen MR) is 83.9 cm³/mol. The molecule has 4 aromatic rings. The van der Waals surface area contributed by atoms with Crippen LogP contribution in [0.1, 0.15) is 0 Å². The lowest BCUT2D eigenvalue weighted by Crippen LogP contribution is -1.79. The quantitative estimate of drug-likeness (QED) is 0.376. The summed E-state index contributed by atoms with van der Waals surface area (Å²) in [6.45, 7) is 0. The Hall–Kier alpha value is -1.51. The molecule has 0 N–H and O–H groups in total. The summed E-state index contributed by atoms with van der Waals surface area (Å²) in [5.74, 6) is 0. The second-order valence-corrected chi connectivity index (χ2v) is 5.65. The fourth-order valence-corrected chi connectivity index (χ4v) is 3.34. The minimum absolute atomic E-state index is 0.630. The van der Waals surface area contributed by atoms with E-state index in [4.69, 9.17) is 16.0 Å². The van der Waals surface area contributed by atoms with Gasteiger partial charge in [-0.2, -0.15) is 0 Å². The summed E-state index contributed by atoms with van der Waals surface area (Å²) < 4.78 is 6.80. The Labute approximate surface area is 122 Å². The molecule has 0 amide bonds. The van der Waals surface area contributed by atoms with Crippen molar-refractivity contribution in [3.63, 3.8) is 0 Å². The molecule has 0 fully saturated rings. The van der Waals surface area contributed by atoms with E-state index in [0.717, 1.165) is 37.2 Å². The maximum absolute atomic E-state index is 6.44. The lowest BCUT2D eigenvalue weighted by atomic mass is 10.0. The second-order valence-electron chi connectivity index (χ2n) is 4.48. The van der Waals surface area contributed by atoms with Gasteiger partial charge in [0.2, 0.25) is 0 Å². The van der Waals surface area contributed by atoms with Crippen LogP contribution in [0.3, 0.4) is 0 Å². The van der Waals surface area contributed by atoms with Crippen molar-refractivity contribution < 1.29 is 4.42 Å². The van der Waals surface area contributed by atoms with Gasteiger partial charge in [0.25, 0.3) is 0 Å². The fourth-order valence-electron chi connectivity index (χ4n) is 2.58. The first-order valence-corrected chi connectivity index (χ1v) is 7.11. The highest BCUT2D eigenvalue weighted by molar-refractivity contribution is 9.10. The Bertz CT molecular complexity index is 940. The molecule has 0 aliphatic carbocycles. The Kier molecular flexibility index (Phi) is 2.38. The molecule has 1 heterocycles. The molecule has 0 aliphatic rings. The molecule has 19 heavy (non-hydrogen) atoms. The molecule has 0 bridgehead atoms. The number of fused-ring (bicyclic) bond motifs is 5. The average Bonchev–Trinajstić information content (AvgIpc) is 2.84. The van der Waals surface area contributed by atoms with Crippen LogP contribution in [0.25, 0.3) is 32.7 Å². The normalized spacial score (nSPS) is 11.7. The van der Waals surface area contributed by atoms with Gasteiger partial charge in [-0.15, -0.1) is 0 Å². The van der Waals surface area contributed by atoms with Crippen LogP contribution in [0.5, 0.6) is 0 Å². The highest BCUT2D eigenvalue weighted by Crippen LogP contribution is 2.43. The van der Waals surface area contributed by atoms with Gasteiger partial charge in [-0.05, 0) is 32.8 Å². The fraction of sp³-hybridized carbons (Fsp3) is 0. The molecular weight excluding hydrogens is 324 g/mol. The third-order valence-electron chi connectivity index (χ3n) is 3.42. The maximum Gasteiger partial charge on any atom is 0.155 e. The van der Waals surface area contributed by atoms with Gasteiger partial charge in [-0.3, -0.25) is 0 Å². The van der Waals surface area contributed by atoms with Gasteiger partial charge in [0, 0.05) is 15.2 Å². The van der Waals surface area contributed by atoms with Crippen LogP contribution in [-0.2, 0) is 0 Å². The number of halogens is 2. The van der Waals surface area contributed by atoms with E-state index in [9.17, 15) is 0 Å². The van der Waals surface area contributed by atoms with Crippen LogP contribution < -0.4 is 0 Å². The minimum Gasteiger partial charge on any atom is -0.454 e. The summed E-state index contributed by atoms with van der Waals surface area (Å²) in [6.07, 6.45) is 0. The van der Waals surface area contributed by atoms with Gasteiger partial charge in [0.15, 0.2) is 5.58 Å². The van der Waals surface area contributed by atoms with Crippen molar-refractivity contribution in [3.8, 4) is 0 Å². The minimum atomic E-state index is 0.630. The zero-order valence-electron chi connectivity index (χ0n) is 9.78. The van der Waals surface area contributed by atoms with Crippen LogP contribution in [-0.4, -0.2) is 0 Å². The van der Waals surface area contributed by atoms with E-state index in [1.54, 1.807) is 0 Å². The molecule has 0 atom stereocenters. The largest absolute Gasteiger partial charge is 0.454 e. The zero-order valence-corrected chi connectivity index (χ0v) is 12.1. The molecule has 0 unspecified atom stereocenters. The molecule has 1 nitrogen and oxygen atoms in total. The van der Waals surface area contributed by atoms with Gasteiger partial charge >= 0.3 is 0 Å². The van der Waals surface area contributed by atoms with E-state index < -0.39 is 0 Å². The van der Waals surface area contributed by atoms with Gasteiger partial charge < -0.3 is 4.42 Å². The van der Waals surface area contributed by atoms with Gasteiger partial charge in [0.1, 0.15) is 5.58 Å². The number of hydrogen-bond acceptors (Lipinski definition) is 1. The van der Waals surface area contributed by atoms with E-state index in [2.05, 4.69) is 34.1 Å². The maximum atomic E-state index is 6.44. The molecule has 0 radical (unpaired) electrons. The Balaban J connectivity index is 2.43. The molecule has 0 saturated heterocycles. The molecule has 3 aromatic carbocycles. The first-order chi connectivity index (χ1) is 9.27. The number of rotatable bonds is 0. The third-order valence-corrected chi connectivity index (χ3v) is 4.83. The summed E-state index contributed by atoms with van der Waals surface area (Å²) in [5.41, 5.74) is 1.61. The predicted octanol–water partition coefficient (Wildman–Crippen LogP) is 6.16. The SMILES string of the molecule is Clc1c(Br)c2ccccc2c2c1oc1ccccc12. The molecular formula is C16H8BrClO. The molecule has 0 aliphatic heterocycles. The van der Waals surface area contributed by atoms with Crippen molar-refractivity contribution in [1.82, 2.24) is 0 Å². The number of para-hydroxylation sites is 1. The van der Waals surface area contributed by atoms with E-state index >= 15 is 0 Å². The molecule has 3 heteroatoms. The summed E-state index contributed by atoms with van der Waals surface area (Å²) in [4.78, 5) is 0. The van der Waals surface area contributed by atoms with Crippen molar-refractivity contribution in [1.29, 1.82) is 0 Å². The van der Waals surface area contributed by atoms with E-state index in [1.807, 2.05) is 30.3 Å². The van der Waals surface area contributed by atoms with E-state index in [0.29, 0.717) is 5.02 Å². The van der Waals surface area contributed by atoms with Gasteiger partial charge in [-0.25, -0.2) is 0 Å². The van der Waals surface area contributed by atoms with Crippen molar-refractivity contribution in [2.75, 3.05) is 0 Å². The number of hydrogen-bond donors (Lipinski definition) is 0. The van der Waals surface area contributed by atoms with Crippen molar-refractivity contribution >= 4 is 60.2 Å². The Morgan fingerprint density at radius 3 is 2.26 bits per heavy atom. The average molecular weight is 332 g/mol. The van der Waals surface area contributed by atoms with Crippen molar-refractivity contribution in [2.24, 2.45) is 0 Å². The van der Waals surface area contributed by atoms with Crippen molar-refractivity contribution in [3.05, 3.63) is 58.0 Å². The Morgan fingerprint density at radius 1 is 0.842 bits per heavy atom. The van der Waals surface area contributed by atoms with Gasteiger partial charge in [-0.1, -0.05) is 54.1 Å². The highest BCUT2D eigenvalue weighted by Gasteiger charge is 2.16. The second kappa shape index (κ2) is 3.99. The van der Waals surface area contributed by atoms with Gasteiger partial charge in [0.05, 0.1) is 5.02 Å². The molecule has 4 rings (SSSR count). The topological polar surface area (TPSA) is 13.1 Å². The number of furan rings is 1. The molecule has 0 spiro atoms. The summed E-state index contributed by atoms with van der Waals surface area (Å²) in [6, 6.07) is 16.2. The summed E-state index contributed by atoms with van der Waals surface area (Å²) >= 11 is 10.0. The third kappa shape index (κ3) is 1.47. The lowest BCUT2D eigenvalue weighted by molar-refractivity contribution is 0.669. The standard InChI is InChI=1S/C16H8BrClO/c17-14-10-6-2-1-5-9(10)13-11-7-3-4-8-12(11)19-16(13)15(14)18/h1-8H. The van der Waals surface area contributed by atoms with Crippen LogP contribution >= 0.6 is 27.5 Å². The lowest BCUT2D eigenvalue weighted by Gasteiger charge is -2.04. The van der Waals surface area contributed by atoms with Crippen LogP contribution in [0.15, 0.2) is 57.4 Å². The first-order valence-electron chi connectivity index (χ1n) is 5.94. The Morgan fingerprint density at radius 2 is 1.47 bits per heavy atom.